The summed E-state index contributed by atoms with van der Waals surface area (Å²) in [6.45, 7) is 4.02. The number of carbonyl (C=O) groups excluding carboxylic acids is 1. The molecule has 1 unspecified atom stereocenters. The van der Waals surface area contributed by atoms with E-state index in [9.17, 15) is 33.3 Å². The molecule has 0 spiro atoms. The Bertz CT molecular complexity index is 873. The van der Waals surface area contributed by atoms with E-state index >= 15 is 0 Å². The summed E-state index contributed by atoms with van der Waals surface area (Å²) in [5.74, 6) is -0.279. The standard InChI is InChI=1S/C26H36F3NO5/c1-3-30-24(34)12-7-5-4-6-11-21-22(32)16-23(33)25(21,2)14-13-19(31)17-35-20-10-8-9-18(15-20)26(27,28)29/h4,6,8-10,13-15,19,21-23,31-33H,3,5,7,11-12,16-17H2,1-2H3,(H,30,34)/b6-4-,14-13+/t19-,21+,22+,23-,25?/m1/s1. The minimum Gasteiger partial charge on any atom is -0.491 e. The van der Waals surface area contributed by atoms with E-state index in [1.807, 2.05) is 19.1 Å². The molecule has 1 aromatic rings. The quantitative estimate of drug-likeness (QED) is 0.257. The van der Waals surface area contributed by atoms with E-state index in [1.165, 1.54) is 18.2 Å². The Kier molecular flexibility index (Phi) is 10.8. The number of hydrogen-bond donors (Lipinski definition) is 4. The van der Waals surface area contributed by atoms with Crippen molar-refractivity contribution in [2.75, 3.05) is 13.2 Å². The normalized spacial score (nSPS) is 25.9. The van der Waals surface area contributed by atoms with Crippen LogP contribution in [0.3, 0.4) is 0 Å². The lowest BCUT2D eigenvalue weighted by Gasteiger charge is -2.32. The Balaban J connectivity index is 1.91. The third-order valence-corrected chi connectivity index (χ3v) is 6.41. The molecular weight excluding hydrogens is 463 g/mol. The maximum absolute atomic E-state index is 12.8. The fourth-order valence-corrected chi connectivity index (χ4v) is 4.30. The number of alkyl halides is 3. The fraction of sp³-hybridized carbons (Fsp3) is 0.577. The van der Waals surface area contributed by atoms with E-state index in [1.54, 1.807) is 13.0 Å². The van der Waals surface area contributed by atoms with Crippen LogP contribution in [0.2, 0.25) is 0 Å². The van der Waals surface area contributed by atoms with Crippen molar-refractivity contribution in [3.63, 3.8) is 0 Å². The van der Waals surface area contributed by atoms with Gasteiger partial charge in [-0.05, 0) is 50.3 Å². The zero-order valence-corrected chi connectivity index (χ0v) is 20.2. The Morgan fingerprint density at radius 3 is 2.74 bits per heavy atom. The first-order chi connectivity index (χ1) is 16.5. The Morgan fingerprint density at radius 1 is 1.31 bits per heavy atom. The number of aliphatic hydroxyl groups excluding tert-OH is 3. The van der Waals surface area contributed by atoms with Gasteiger partial charge in [0.25, 0.3) is 0 Å². The number of rotatable bonds is 12. The van der Waals surface area contributed by atoms with Crippen LogP contribution in [0.1, 0.15) is 51.5 Å². The number of benzene rings is 1. The average Bonchev–Trinajstić information content (AvgIpc) is 3.01. The average molecular weight is 500 g/mol. The molecule has 0 radical (unpaired) electrons. The second-order valence-electron chi connectivity index (χ2n) is 9.11. The first kappa shape index (κ1) is 28.9. The zero-order chi connectivity index (χ0) is 26.1. The van der Waals surface area contributed by atoms with E-state index < -0.39 is 35.5 Å². The van der Waals surface area contributed by atoms with Crippen molar-refractivity contribution in [2.24, 2.45) is 11.3 Å². The lowest BCUT2D eigenvalue weighted by atomic mass is 9.75. The summed E-state index contributed by atoms with van der Waals surface area (Å²) >= 11 is 0. The molecule has 35 heavy (non-hydrogen) atoms. The van der Waals surface area contributed by atoms with Crippen LogP contribution in [0, 0.1) is 11.3 Å². The monoisotopic (exact) mass is 499 g/mol. The number of amides is 1. The van der Waals surface area contributed by atoms with Crippen molar-refractivity contribution in [3.8, 4) is 5.75 Å². The fourth-order valence-electron chi connectivity index (χ4n) is 4.30. The molecule has 6 nitrogen and oxygen atoms in total. The molecule has 1 fully saturated rings. The number of hydrogen-bond acceptors (Lipinski definition) is 5. The summed E-state index contributed by atoms with van der Waals surface area (Å²) < 4.78 is 43.8. The molecule has 0 heterocycles. The van der Waals surface area contributed by atoms with Gasteiger partial charge in [-0.2, -0.15) is 13.2 Å². The molecule has 0 aliphatic heterocycles. The zero-order valence-electron chi connectivity index (χ0n) is 20.2. The first-order valence-electron chi connectivity index (χ1n) is 11.9. The number of unbranched alkanes of at least 4 members (excludes halogenated alkanes) is 1. The molecule has 1 amide bonds. The van der Waals surface area contributed by atoms with Crippen LogP contribution >= 0.6 is 0 Å². The lowest BCUT2D eigenvalue weighted by molar-refractivity contribution is -0.137. The Morgan fingerprint density at radius 2 is 2.06 bits per heavy atom. The van der Waals surface area contributed by atoms with Crippen LogP contribution in [0.4, 0.5) is 13.2 Å². The van der Waals surface area contributed by atoms with Crippen LogP contribution in [0.25, 0.3) is 0 Å². The molecule has 0 bridgehead atoms. The molecule has 5 atom stereocenters. The molecule has 0 saturated heterocycles. The van der Waals surface area contributed by atoms with Crippen molar-refractivity contribution >= 4 is 5.91 Å². The summed E-state index contributed by atoms with van der Waals surface area (Å²) in [5, 5.41) is 34.1. The van der Waals surface area contributed by atoms with E-state index in [-0.39, 0.29) is 30.6 Å². The molecule has 1 saturated carbocycles. The second-order valence-corrected chi connectivity index (χ2v) is 9.11. The van der Waals surface area contributed by atoms with Crippen molar-refractivity contribution < 1.29 is 38.0 Å². The maximum atomic E-state index is 12.8. The van der Waals surface area contributed by atoms with Crippen LogP contribution in [0.15, 0.2) is 48.6 Å². The highest BCUT2D eigenvalue weighted by atomic mass is 19.4. The molecule has 2 rings (SSSR count). The first-order valence-corrected chi connectivity index (χ1v) is 11.9. The van der Waals surface area contributed by atoms with Crippen molar-refractivity contribution in [2.45, 2.75) is 70.4 Å². The minimum atomic E-state index is -4.49. The van der Waals surface area contributed by atoms with Gasteiger partial charge < -0.3 is 25.4 Å². The molecular formula is C26H36F3NO5. The smallest absolute Gasteiger partial charge is 0.416 e. The van der Waals surface area contributed by atoms with Gasteiger partial charge in [0.05, 0.1) is 17.8 Å². The molecule has 1 aliphatic rings. The Labute approximate surface area is 204 Å². The van der Waals surface area contributed by atoms with Gasteiger partial charge in [-0.15, -0.1) is 0 Å². The van der Waals surface area contributed by atoms with Gasteiger partial charge in [-0.25, -0.2) is 0 Å². The van der Waals surface area contributed by atoms with Crippen molar-refractivity contribution in [1.29, 1.82) is 0 Å². The van der Waals surface area contributed by atoms with Gasteiger partial charge in [0, 0.05) is 24.8 Å². The number of halogens is 3. The molecule has 9 heteroatoms. The van der Waals surface area contributed by atoms with Gasteiger partial charge in [0.15, 0.2) is 0 Å². The number of carbonyl (C=O) groups is 1. The summed E-state index contributed by atoms with van der Waals surface area (Å²) in [6.07, 6.45) is 2.44. The third-order valence-electron chi connectivity index (χ3n) is 6.41. The van der Waals surface area contributed by atoms with E-state index in [2.05, 4.69) is 5.32 Å². The van der Waals surface area contributed by atoms with Gasteiger partial charge in [-0.3, -0.25) is 4.79 Å². The molecule has 1 aromatic carbocycles. The van der Waals surface area contributed by atoms with E-state index in [0.717, 1.165) is 18.6 Å². The van der Waals surface area contributed by atoms with Crippen molar-refractivity contribution in [3.05, 3.63) is 54.1 Å². The van der Waals surface area contributed by atoms with Gasteiger partial charge in [0.2, 0.25) is 5.91 Å². The molecule has 0 aromatic heterocycles. The summed E-state index contributed by atoms with van der Waals surface area (Å²) in [4.78, 5) is 11.5. The van der Waals surface area contributed by atoms with Crippen LogP contribution in [-0.2, 0) is 11.0 Å². The number of ether oxygens (including phenoxy) is 1. The number of nitrogens with one attached hydrogen (secondary N) is 1. The van der Waals surface area contributed by atoms with Gasteiger partial charge in [-0.1, -0.05) is 37.3 Å². The van der Waals surface area contributed by atoms with Crippen LogP contribution in [0.5, 0.6) is 5.75 Å². The SMILES string of the molecule is CCNC(=O)CCC/C=C\C[C@H]1[C@@H](O)C[C@@H](O)C1(C)/C=C/[C@@H](O)COc1cccc(C(F)(F)F)c1. The van der Waals surface area contributed by atoms with Gasteiger partial charge >= 0.3 is 6.18 Å². The summed E-state index contributed by atoms with van der Waals surface area (Å²) in [6, 6.07) is 4.42. The Hall–Kier alpha value is -2.36. The highest BCUT2D eigenvalue weighted by molar-refractivity contribution is 5.75. The summed E-state index contributed by atoms with van der Waals surface area (Å²) in [7, 11) is 0. The molecule has 1 aliphatic carbocycles. The molecule has 196 valence electrons. The topological polar surface area (TPSA) is 99.0 Å². The van der Waals surface area contributed by atoms with Crippen molar-refractivity contribution in [1.82, 2.24) is 5.32 Å². The summed E-state index contributed by atoms with van der Waals surface area (Å²) in [5.41, 5.74) is -1.64. The van der Waals surface area contributed by atoms with E-state index in [0.29, 0.717) is 25.8 Å². The largest absolute Gasteiger partial charge is 0.491 e. The third kappa shape index (κ3) is 8.66. The lowest BCUT2D eigenvalue weighted by Crippen LogP contribution is -2.32. The number of aliphatic hydroxyl groups is 3. The second kappa shape index (κ2) is 13.1. The van der Waals surface area contributed by atoms with E-state index in [4.69, 9.17) is 4.74 Å². The van der Waals surface area contributed by atoms with Crippen LogP contribution in [-0.4, -0.2) is 52.7 Å². The van der Waals surface area contributed by atoms with Gasteiger partial charge in [0.1, 0.15) is 18.5 Å². The predicted molar refractivity (Wildman–Crippen MR) is 127 cm³/mol. The number of allylic oxidation sites excluding steroid dienone is 2. The predicted octanol–water partition coefficient (Wildman–Crippen LogP) is 4.00. The molecule has 4 N–H and O–H groups in total. The highest BCUT2D eigenvalue weighted by Gasteiger charge is 2.48. The van der Waals surface area contributed by atoms with Crippen LogP contribution < -0.4 is 10.1 Å². The highest BCUT2D eigenvalue weighted by Crippen LogP contribution is 2.46. The maximum Gasteiger partial charge on any atom is 0.416 e. The minimum absolute atomic E-state index is 0.00926.